The van der Waals surface area contributed by atoms with Crippen LogP contribution < -0.4 is 15.9 Å². The molecular weight excluding hydrogens is 463 g/mol. The summed E-state index contributed by atoms with van der Waals surface area (Å²) in [5, 5.41) is 4.07. The van der Waals surface area contributed by atoms with Gasteiger partial charge in [0, 0.05) is 0 Å². The summed E-state index contributed by atoms with van der Waals surface area (Å²) in [4.78, 5) is 0. The molecule has 176 valence electrons. The van der Waals surface area contributed by atoms with E-state index in [0.29, 0.717) is 0 Å². The van der Waals surface area contributed by atoms with Crippen LogP contribution in [0.4, 0.5) is 0 Å². The average molecular weight is 491 g/mol. The van der Waals surface area contributed by atoms with Crippen LogP contribution in [0.3, 0.4) is 0 Å². The van der Waals surface area contributed by atoms with Crippen molar-refractivity contribution in [3.05, 3.63) is 164 Å². The lowest BCUT2D eigenvalue weighted by Crippen LogP contribution is -2.20. The van der Waals surface area contributed by atoms with Gasteiger partial charge in [0.25, 0.3) is 0 Å². The molecule has 0 spiro atoms. The standard InChI is InChI=1S/C36H27P/c1-4-10-28(11-5-1)31-16-22-34(23-17-31)37(35-24-18-32(19-25-35)29-12-6-2-7-13-29)36-26-20-33(21-27-36)30-14-8-3-9-15-30/h1-27H. The molecule has 0 fully saturated rings. The molecule has 0 N–H and O–H groups in total. The zero-order chi connectivity index (χ0) is 24.9. The van der Waals surface area contributed by atoms with E-state index in [9.17, 15) is 0 Å². The molecule has 37 heavy (non-hydrogen) atoms. The number of benzene rings is 6. The molecule has 6 aromatic rings. The number of hydrogen-bond donors (Lipinski definition) is 0. The quantitative estimate of drug-likeness (QED) is 0.206. The van der Waals surface area contributed by atoms with Crippen LogP contribution in [0.5, 0.6) is 0 Å². The van der Waals surface area contributed by atoms with Crippen LogP contribution in [-0.2, 0) is 0 Å². The minimum Gasteiger partial charge on any atom is -0.0622 e. The molecule has 6 aromatic carbocycles. The Kier molecular flexibility index (Phi) is 6.76. The largest absolute Gasteiger partial charge is 0.0622 e. The molecule has 0 aliphatic heterocycles. The van der Waals surface area contributed by atoms with Gasteiger partial charge in [-0.1, -0.05) is 164 Å². The van der Waals surface area contributed by atoms with E-state index in [1.165, 1.54) is 49.3 Å². The van der Waals surface area contributed by atoms with Crippen molar-refractivity contribution in [1.82, 2.24) is 0 Å². The zero-order valence-electron chi connectivity index (χ0n) is 20.5. The molecule has 0 bridgehead atoms. The van der Waals surface area contributed by atoms with Crippen LogP contribution in [0.15, 0.2) is 164 Å². The van der Waals surface area contributed by atoms with Gasteiger partial charge in [-0.15, -0.1) is 0 Å². The second-order valence-electron chi connectivity index (χ2n) is 9.07. The Morgan fingerprint density at radius 2 is 0.432 bits per heavy atom. The molecular formula is C36H27P. The fraction of sp³-hybridized carbons (Fsp3) is 0. The van der Waals surface area contributed by atoms with Gasteiger partial charge < -0.3 is 0 Å². The van der Waals surface area contributed by atoms with Crippen molar-refractivity contribution < 1.29 is 0 Å². The predicted octanol–water partition coefficient (Wildman–Crippen LogP) is 8.45. The van der Waals surface area contributed by atoms with E-state index in [1.54, 1.807) is 0 Å². The fourth-order valence-corrected chi connectivity index (χ4v) is 6.98. The Balaban J connectivity index is 1.38. The highest BCUT2D eigenvalue weighted by molar-refractivity contribution is 7.79. The molecule has 0 aliphatic rings. The molecule has 0 saturated carbocycles. The van der Waals surface area contributed by atoms with E-state index in [4.69, 9.17) is 0 Å². The van der Waals surface area contributed by atoms with Crippen molar-refractivity contribution in [2.75, 3.05) is 0 Å². The number of hydrogen-bond acceptors (Lipinski definition) is 0. The molecule has 0 nitrogen and oxygen atoms in total. The van der Waals surface area contributed by atoms with Gasteiger partial charge in [0.05, 0.1) is 0 Å². The minimum absolute atomic E-state index is 0.690. The molecule has 0 unspecified atom stereocenters. The molecule has 0 atom stereocenters. The lowest BCUT2D eigenvalue weighted by Gasteiger charge is -2.20. The molecule has 0 radical (unpaired) electrons. The van der Waals surface area contributed by atoms with Crippen molar-refractivity contribution in [3.63, 3.8) is 0 Å². The maximum atomic E-state index is 2.31. The zero-order valence-corrected chi connectivity index (χ0v) is 21.4. The van der Waals surface area contributed by atoms with Gasteiger partial charge in [0.15, 0.2) is 0 Å². The van der Waals surface area contributed by atoms with Crippen LogP contribution in [0.25, 0.3) is 33.4 Å². The lowest BCUT2D eigenvalue weighted by atomic mass is 10.1. The highest BCUT2D eigenvalue weighted by atomic mass is 31.1. The lowest BCUT2D eigenvalue weighted by molar-refractivity contribution is 1.63. The number of rotatable bonds is 6. The first-order chi connectivity index (χ1) is 18.3. The summed E-state index contributed by atoms with van der Waals surface area (Å²) in [6, 6.07) is 59.2. The Morgan fingerprint density at radius 3 is 0.676 bits per heavy atom. The second kappa shape index (κ2) is 10.8. The summed E-state index contributed by atoms with van der Waals surface area (Å²) < 4.78 is 0. The monoisotopic (exact) mass is 490 g/mol. The molecule has 0 saturated heterocycles. The van der Waals surface area contributed by atoms with E-state index in [2.05, 4.69) is 164 Å². The molecule has 0 aromatic heterocycles. The first kappa shape index (κ1) is 23.2. The minimum atomic E-state index is -0.690. The molecule has 0 amide bonds. The van der Waals surface area contributed by atoms with Crippen molar-refractivity contribution in [3.8, 4) is 33.4 Å². The summed E-state index contributed by atoms with van der Waals surface area (Å²) in [6.45, 7) is 0. The van der Waals surface area contributed by atoms with E-state index in [1.807, 2.05) is 0 Å². The van der Waals surface area contributed by atoms with Gasteiger partial charge >= 0.3 is 0 Å². The molecule has 0 aliphatic carbocycles. The fourth-order valence-electron chi connectivity index (χ4n) is 4.75. The van der Waals surface area contributed by atoms with Crippen LogP contribution in [-0.4, -0.2) is 0 Å². The first-order valence-electron chi connectivity index (χ1n) is 12.6. The van der Waals surface area contributed by atoms with Crippen LogP contribution in [0.1, 0.15) is 0 Å². The SMILES string of the molecule is c1ccc(-c2ccc(P(c3ccc(-c4ccccc4)cc3)c3ccc(-c4ccccc4)cc3)cc2)cc1. The Hall–Kier alpha value is -4.25. The highest BCUT2D eigenvalue weighted by Crippen LogP contribution is 2.35. The van der Waals surface area contributed by atoms with Crippen molar-refractivity contribution in [2.45, 2.75) is 0 Å². The van der Waals surface area contributed by atoms with E-state index < -0.39 is 7.92 Å². The smallest absolute Gasteiger partial charge is 0.0134 e. The van der Waals surface area contributed by atoms with Crippen molar-refractivity contribution in [2.24, 2.45) is 0 Å². The highest BCUT2D eigenvalue weighted by Gasteiger charge is 2.17. The van der Waals surface area contributed by atoms with E-state index >= 15 is 0 Å². The van der Waals surface area contributed by atoms with Gasteiger partial charge in [-0.2, -0.15) is 0 Å². The maximum Gasteiger partial charge on any atom is -0.0134 e. The average Bonchev–Trinajstić information content (AvgIpc) is 3.00. The maximum absolute atomic E-state index is 2.31. The Morgan fingerprint density at radius 1 is 0.216 bits per heavy atom. The van der Waals surface area contributed by atoms with Gasteiger partial charge in [0.2, 0.25) is 0 Å². The molecule has 6 rings (SSSR count). The third-order valence-corrected chi connectivity index (χ3v) is 9.14. The van der Waals surface area contributed by atoms with E-state index in [-0.39, 0.29) is 0 Å². The summed E-state index contributed by atoms with van der Waals surface area (Å²) in [6.07, 6.45) is 0. The van der Waals surface area contributed by atoms with Crippen LogP contribution in [0, 0.1) is 0 Å². The van der Waals surface area contributed by atoms with Crippen molar-refractivity contribution in [1.29, 1.82) is 0 Å². The topological polar surface area (TPSA) is 0 Å². The van der Waals surface area contributed by atoms with Crippen LogP contribution >= 0.6 is 7.92 Å². The summed E-state index contributed by atoms with van der Waals surface area (Å²) in [7, 11) is -0.690. The van der Waals surface area contributed by atoms with Gasteiger partial charge in [0.1, 0.15) is 0 Å². The molecule has 1 heteroatoms. The predicted molar refractivity (Wildman–Crippen MR) is 161 cm³/mol. The third kappa shape index (κ3) is 5.17. The van der Waals surface area contributed by atoms with E-state index in [0.717, 1.165) is 0 Å². The summed E-state index contributed by atoms with van der Waals surface area (Å²) >= 11 is 0. The second-order valence-corrected chi connectivity index (χ2v) is 11.3. The van der Waals surface area contributed by atoms with Crippen molar-refractivity contribution >= 4 is 23.8 Å². The van der Waals surface area contributed by atoms with Gasteiger partial charge in [-0.25, -0.2) is 0 Å². The summed E-state index contributed by atoms with van der Waals surface area (Å²) in [5.41, 5.74) is 7.49. The molecule has 0 heterocycles. The first-order valence-corrected chi connectivity index (χ1v) is 14.0. The Bertz CT molecular complexity index is 1360. The Labute approximate surface area is 220 Å². The normalized spacial score (nSPS) is 10.9. The summed E-state index contributed by atoms with van der Waals surface area (Å²) in [5.74, 6) is 0. The van der Waals surface area contributed by atoms with Crippen LogP contribution in [0.2, 0.25) is 0 Å². The van der Waals surface area contributed by atoms with Gasteiger partial charge in [-0.05, 0) is 57.2 Å². The van der Waals surface area contributed by atoms with Gasteiger partial charge in [-0.3, -0.25) is 0 Å². The third-order valence-electron chi connectivity index (χ3n) is 6.70.